The van der Waals surface area contributed by atoms with E-state index in [9.17, 15) is 0 Å². The maximum atomic E-state index is 5.65. The molecular formula is C13H11Br2N3S. The fourth-order valence-corrected chi connectivity index (χ4v) is 3.02. The molecule has 98 valence electrons. The molecule has 0 aliphatic rings. The molecule has 2 aromatic rings. The van der Waals surface area contributed by atoms with Gasteiger partial charge in [-0.3, -0.25) is 0 Å². The second kappa shape index (κ2) is 5.98. The van der Waals surface area contributed by atoms with Crippen molar-refractivity contribution < 1.29 is 0 Å². The Balaban J connectivity index is 2.41. The molecule has 1 heterocycles. The van der Waals surface area contributed by atoms with E-state index in [1.165, 1.54) is 0 Å². The standard InChI is InChI=1S/C13H11Br2N3S/c1-18(13-11(15)6-9(14)7-17-13)10-4-2-3-8(5-10)12(16)19/h2-7H,1H3,(H2,16,19). The van der Waals surface area contributed by atoms with Gasteiger partial charge in [0.1, 0.15) is 10.8 Å². The van der Waals surface area contributed by atoms with Crippen LogP contribution in [0, 0.1) is 0 Å². The van der Waals surface area contributed by atoms with Gasteiger partial charge in [0.25, 0.3) is 0 Å². The van der Waals surface area contributed by atoms with Crippen LogP contribution in [0.3, 0.4) is 0 Å². The summed E-state index contributed by atoms with van der Waals surface area (Å²) in [6, 6.07) is 9.70. The molecule has 6 heteroatoms. The molecule has 0 amide bonds. The first kappa shape index (κ1) is 14.4. The highest BCUT2D eigenvalue weighted by Gasteiger charge is 2.10. The maximum Gasteiger partial charge on any atom is 0.147 e. The highest BCUT2D eigenvalue weighted by Crippen LogP contribution is 2.30. The topological polar surface area (TPSA) is 42.1 Å². The highest BCUT2D eigenvalue weighted by atomic mass is 79.9. The number of aromatic nitrogens is 1. The van der Waals surface area contributed by atoms with E-state index in [0.717, 1.165) is 26.0 Å². The molecule has 0 spiro atoms. The van der Waals surface area contributed by atoms with Crippen LogP contribution >= 0.6 is 44.1 Å². The summed E-state index contributed by atoms with van der Waals surface area (Å²) in [7, 11) is 1.94. The molecule has 2 N–H and O–H groups in total. The van der Waals surface area contributed by atoms with Crippen molar-refractivity contribution >= 4 is 60.6 Å². The Hall–Kier alpha value is -0.980. The number of thiocarbonyl (C=S) groups is 1. The maximum absolute atomic E-state index is 5.65. The van der Waals surface area contributed by atoms with Crippen molar-refractivity contribution in [1.29, 1.82) is 0 Å². The molecule has 19 heavy (non-hydrogen) atoms. The number of halogens is 2. The van der Waals surface area contributed by atoms with E-state index in [-0.39, 0.29) is 0 Å². The molecule has 0 bridgehead atoms. The lowest BCUT2D eigenvalue weighted by molar-refractivity contribution is 1.11. The third-order valence-electron chi connectivity index (χ3n) is 2.62. The van der Waals surface area contributed by atoms with Crippen molar-refractivity contribution in [3.05, 3.63) is 51.0 Å². The number of nitrogens with zero attached hydrogens (tertiary/aromatic N) is 2. The second-order valence-corrected chi connectivity index (χ2v) is 6.14. The summed E-state index contributed by atoms with van der Waals surface area (Å²) in [5.41, 5.74) is 7.47. The van der Waals surface area contributed by atoms with Gasteiger partial charge in [-0.2, -0.15) is 0 Å². The van der Waals surface area contributed by atoms with E-state index < -0.39 is 0 Å². The first-order chi connectivity index (χ1) is 8.99. The van der Waals surface area contributed by atoms with Crippen LogP contribution < -0.4 is 10.6 Å². The Kier molecular flexibility index (Phi) is 4.54. The first-order valence-electron chi connectivity index (χ1n) is 5.43. The van der Waals surface area contributed by atoms with Gasteiger partial charge in [0.15, 0.2) is 0 Å². The van der Waals surface area contributed by atoms with Gasteiger partial charge in [-0.25, -0.2) is 4.98 Å². The molecule has 0 atom stereocenters. The molecule has 0 radical (unpaired) electrons. The van der Waals surface area contributed by atoms with Crippen LogP contribution in [0.2, 0.25) is 0 Å². The zero-order chi connectivity index (χ0) is 14.0. The van der Waals surface area contributed by atoms with Crippen LogP contribution in [-0.2, 0) is 0 Å². The van der Waals surface area contributed by atoms with Crippen LogP contribution in [0.4, 0.5) is 11.5 Å². The van der Waals surface area contributed by atoms with Gasteiger partial charge < -0.3 is 10.6 Å². The van der Waals surface area contributed by atoms with Gasteiger partial charge >= 0.3 is 0 Å². The average Bonchev–Trinajstić information content (AvgIpc) is 2.38. The van der Waals surface area contributed by atoms with E-state index in [1.807, 2.05) is 42.3 Å². The molecule has 0 aliphatic heterocycles. The molecule has 2 rings (SSSR count). The summed E-state index contributed by atoms with van der Waals surface area (Å²) in [6.45, 7) is 0. The molecule has 0 saturated heterocycles. The predicted molar refractivity (Wildman–Crippen MR) is 90.0 cm³/mol. The minimum absolute atomic E-state index is 0.387. The van der Waals surface area contributed by atoms with Crippen molar-refractivity contribution in [3.63, 3.8) is 0 Å². The number of rotatable bonds is 3. The van der Waals surface area contributed by atoms with Crippen molar-refractivity contribution in [2.45, 2.75) is 0 Å². The van der Waals surface area contributed by atoms with E-state index in [0.29, 0.717) is 4.99 Å². The van der Waals surface area contributed by atoms with Crippen LogP contribution in [0.5, 0.6) is 0 Å². The Morgan fingerprint density at radius 1 is 1.32 bits per heavy atom. The second-order valence-electron chi connectivity index (χ2n) is 3.93. The summed E-state index contributed by atoms with van der Waals surface area (Å²) in [4.78, 5) is 6.75. The average molecular weight is 401 g/mol. The zero-order valence-corrected chi connectivity index (χ0v) is 14.1. The van der Waals surface area contributed by atoms with E-state index in [4.69, 9.17) is 18.0 Å². The number of pyridine rings is 1. The molecule has 0 unspecified atom stereocenters. The van der Waals surface area contributed by atoms with Gasteiger partial charge in [0.05, 0.1) is 4.47 Å². The van der Waals surface area contributed by atoms with Crippen LogP contribution in [0.15, 0.2) is 45.5 Å². The SMILES string of the molecule is CN(c1cccc(C(N)=S)c1)c1ncc(Br)cc1Br. The fraction of sp³-hybridized carbons (Fsp3) is 0.0769. The largest absolute Gasteiger partial charge is 0.389 e. The Morgan fingerprint density at radius 3 is 2.68 bits per heavy atom. The third-order valence-corrected chi connectivity index (χ3v) is 3.88. The van der Waals surface area contributed by atoms with Gasteiger partial charge in [-0.1, -0.05) is 24.4 Å². The molecule has 3 nitrogen and oxygen atoms in total. The monoisotopic (exact) mass is 399 g/mol. The van der Waals surface area contributed by atoms with Gasteiger partial charge in [0.2, 0.25) is 0 Å². The van der Waals surface area contributed by atoms with Crippen molar-refractivity contribution in [2.24, 2.45) is 5.73 Å². The number of hydrogen-bond donors (Lipinski definition) is 1. The van der Waals surface area contributed by atoms with E-state index in [1.54, 1.807) is 6.20 Å². The van der Waals surface area contributed by atoms with Gasteiger partial charge in [-0.15, -0.1) is 0 Å². The molecular weight excluding hydrogens is 390 g/mol. The Bertz CT molecular complexity index is 631. The summed E-state index contributed by atoms with van der Waals surface area (Å²) < 4.78 is 1.83. The lowest BCUT2D eigenvalue weighted by Crippen LogP contribution is -2.14. The van der Waals surface area contributed by atoms with Crippen LogP contribution in [0.25, 0.3) is 0 Å². The Morgan fingerprint density at radius 2 is 2.05 bits per heavy atom. The van der Waals surface area contributed by atoms with Crippen LogP contribution in [-0.4, -0.2) is 17.0 Å². The van der Waals surface area contributed by atoms with Crippen molar-refractivity contribution in [2.75, 3.05) is 11.9 Å². The summed E-state index contributed by atoms with van der Waals surface area (Å²) >= 11 is 11.9. The third kappa shape index (κ3) is 3.32. The minimum Gasteiger partial charge on any atom is -0.389 e. The fourth-order valence-electron chi connectivity index (χ4n) is 1.64. The minimum atomic E-state index is 0.387. The van der Waals surface area contributed by atoms with Gasteiger partial charge in [-0.05, 0) is 50.1 Å². The Labute approximate surface area is 134 Å². The molecule has 1 aromatic heterocycles. The summed E-state index contributed by atoms with van der Waals surface area (Å²) in [5, 5.41) is 0. The quantitative estimate of drug-likeness (QED) is 0.790. The lowest BCUT2D eigenvalue weighted by atomic mass is 10.2. The van der Waals surface area contributed by atoms with Gasteiger partial charge in [0, 0.05) is 29.0 Å². The lowest BCUT2D eigenvalue weighted by Gasteiger charge is -2.20. The normalized spacial score (nSPS) is 10.3. The number of benzene rings is 1. The smallest absolute Gasteiger partial charge is 0.147 e. The predicted octanol–water partition coefficient (Wildman–Crippen LogP) is 4.01. The number of hydrogen-bond acceptors (Lipinski definition) is 3. The van der Waals surface area contributed by atoms with Crippen molar-refractivity contribution in [1.82, 2.24) is 4.98 Å². The van der Waals surface area contributed by atoms with Crippen LogP contribution in [0.1, 0.15) is 5.56 Å². The molecule has 0 saturated carbocycles. The van der Waals surface area contributed by atoms with E-state index >= 15 is 0 Å². The van der Waals surface area contributed by atoms with Crippen molar-refractivity contribution in [3.8, 4) is 0 Å². The molecule has 1 aromatic carbocycles. The number of nitrogens with two attached hydrogens (primary N) is 1. The van der Waals surface area contributed by atoms with E-state index in [2.05, 4.69) is 36.8 Å². The molecule has 0 aliphatic carbocycles. The zero-order valence-electron chi connectivity index (χ0n) is 10.1. The summed E-state index contributed by atoms with van der Waals surface area (Å²) in [5.74, 6) is 0.822. The summed E-state index contributed by atoms with van der Waals surface area (Å²) in [6.07, 6.45) is 1.76. The number of anilines is 2. The first-order valence-corrected chi connectivity index (χ1v) is 7.43. The molecule has 0 fully saturated rings. The highest BCUT2D eigenvalue weighted by molar-refractivity contribution is 9.11.